The van der Waals surface area contributed by atoms with E-state index in [0.29, 0.717) is 98.9 Å². The molecular weight excluding hydrogens is 921 g/mol. The highest BCUT2D eigenvalue weighted by Gasteiger charge is 2.41. The minimum atomic E-state index is -0.772. The molecule has 2 fully saturated rings. The summed E-state index contributed by atoms with van der Waals surface area (Å²) in [6.45, 7) is 17.5. The van der Waals surface area contributed by atoms with Gasteiger partial charge < -0.3 is 34.8 Å². The number of carbonyl (C=O) groups excluding carboxylic acids is 8. The number of methoxy groups -OCH3 is 2. The van der Waals surface area contributed by atoms with E-state index in [0.717, 1.165) is 32.1 Å². The Labute approximate surface area is 428 Å². The third kappa shape index (κ3) is 18.3. The van der Waals surface area contributed by atoms with Crippen molar-refractivity contribution in [1.82, 2.24) is 30.4 Å². The van der Waals surface area contributed by atoms with E-state index >= 15 is 0 Å². The number of nitrogens with zero attached hydrogens (tertiary/aromatic N) is 4. The average molecular weight is 1010 g/mol. The van der Waals surface area contributed by atoms with Gasteiger partial charge in [-0.05, 0) is 97.9 Å². The van der Waals surface area contributed by atoms with Crippen molar-refractivity contribution in [3.05, 3.63) is 59.7 Å². The molecule has 2 heterocycles. The van der Waals surface area contributed by atoms with E-state index in [2.05, 4.69) is 17.6 Å². The predicted molar refractivity (Wildman–Crippen MR) is 275 cm³/mol. The number of unbranched alkanes of at least 4 members (excludes halogenated alkanes) is 2. The van der Waals surface area contributed by atoms with Crippen LogP contribution in [0.1, 0.15) is 140 Å². The van der Waals surface area contributed by atoms with Crippen LogP contribution in [0, 0.1) is 34.5 Å². The summed E-state index contributed by atoms with van der Waals surface area (Å²) in [6.07, 6.45) is 7.87. The van der Waals surface area contributed by atoms with E-state index in [4.69, 9.17) is 9.47 Å². The van der Waals surface area contributed by atoms with Gasteiger partial charge >= 0.3 is 0 Å². The largest absolute Gasteiger partial charge is 0.497 e. The number of hydrogen-bond acceptors (Lipinski definition) is 11. The maximum atomic E-state index is 13.6. The van der Waals surface area contributed by atoms with Crippen molar-refractivity contribution < 1.29 is 53.0 Å². The Bertz CT molecular complexity index is 1920. The highest BCUT2D eigenvalue weighted by Crippen LogP contribution is 2.29. The third-order valence-corrected chi connectivity index (χ3v) is 13.7. The van der Waals surface area contributed by atoms with Crippen molar-refractivity contribution in [1.29, 1.82) is 0 Å². The molecule has 0 bridgehead atoms. The number of rotatable bonds is 24. The number of Topliss-reactive ketones (excluding diaryl/α,β-unsaturated/α-hetero) is 2. The smallest absolute Gasteiger partial charge is 0.245 e. The Hall–Kier alpha value is -5.84. The van der Waals surface area contributed by atoms with Crippen LogP contribution < -0.4 is 20.1 Å². The maximum absolute atomic E-state index is 13.6. The number of carbonyl (C=O) groups is 8. The van der Waals surface area contributed by atoms with Gasteiger partial charge in [0.25, 0.3) is 0 Å². The lowest BCUT2D eigenvalue weighted by molar-refractivity contribution is -0.155. The zero-order valence-corrected chi connectivity index (χ0v) is 44.9. The molecule has 0 saturated carbocycles. The highest BCUT2D eigenvalue weighted by molar-refractivity contribution is 5.99. The van der Waals surface area contributed by atoms with Crippen LogP contribution in [0.15, 0.2) is 48.5 Å². The van der Waals surface area contributed by atoms with Crippen LogP contribution in [0.5, 0.6) is 11.5 Å². The number of nitrogens with one attached hydrogen (secondary N) is 2. The second-order valence-corrected chi connectivity index (χ2v) is 21.5. The van der Waals surface area contributed by atoms with Crippen LogP contribution in [0.3, 0.4) is 0 Å². The molecule has 4 rings (SSSR count). The number of ether oxygens (including phenoxy) is 2. The van der Waals surface area contributed by atoms with Gasteiger partial charge in [0.1, 0.15) is 23.6 Å². The first-order valence-corrected chi connectivity index (χ1v) is 25.6. The van der Waals surface area contributed by atoms with E-state index in [1.165, 1.54) is 4.90 Å². The second kappa shape index (κ2) is 29.0. The Kier molecular flexibility index (Phi) is 24.4. The molecule has 72 heavy (non-hydrogen) atoms. The standard InChI is InChI=1S/C28H43N3O5.C27H41N3O6/c1-7-8-9-22(18-30(5)19-32)26(34)29-25(28(2,3)4)27(35)31-16-14-21(15-17-31)24(33)20-10-12-23(36-6)13-11-20;1-6-7-8-21(17-30(35)18-31)25(33)28-24(27(2,3)4)26(34)29-15-13-20(14-16-29)23(32)19-9-11-22(36-5)12-10-19/h10-13,19,21-22,25H,7-9,14-18H2,1-6H3,(H,29,34);9-12,18,20-21,24,35H,6-8,13-17H2,1-5H3,(H,28,33)/t22-,25-;21-,24-/m11/s1. The molecule has 2 aliphatic heterocycles. The molecule has 0 radical (unpaired) electrons. The second-order valence-electron chi connectivity index (χ2n) is 21.5. The van der Waals surface area contributed by atoms with Crippen molar-refractivity contribution >= 4 is 48.0 Å². The quantitative estimate of drug-likeness (QED) is 0.0429. The molecule has 4 atom stereocenters. The number of ketones is 2. The first-order chi connectivity index (χ1) is 34.0. The molecule has 0 unspecified atom stereocenters. The van der Waals surface area contributed by atoms with E-state index in [1.54, 1.807) is 79.6 Å². The number of hydrogen-bond donors (Lipinski definition) is 3. The average Bonchev–Trinajstić information content (AvgIpc) is 3.38. The molecular formula is C55H84N6O11. The van der Waals surface area contributed by atoms with Crippen LogP contribution in [-0.2, 0) is 28.8 Å². The number of amides is 6. The molecule has 2 aromatic carbocycles. The molecule has 0 aliphatic carbocycles. The zero-order chi connectivity index (χ0) is 53.8. The summed E-state index contributed by atoms with van der Waals surface area (Å²) in [5, 5.41) is 16.0. The Morgan fingerprint density at radius 3 is 1.26 bits per heavy atom. The van der Waals surface area contributed by atoms with Crippen LogP contribution in [0.4, 0.5) is 0 Å². The number of hydroxylamine groups is 2. The number of piperidine rings is 2. The summed E-state index contributed by atoms with van der Waals surface area (Å²) in [6, 6.07) is 12.7. The molecule has 2 aromatic rings. The van der Waals surface area contributed by atoms with Gasteiger partial charge in [0.15, 0.2) is 11.6 Å². The van der Waals surface area contributed by atoms with Gasteiger partial charge in [-0.1, -0.05) is 81.1 Å². The first kappa shape index (κ1) is 60.5. The van der Waals surface area contributed by atoms with E-state index in [-0.39, 0.29) is 65.9 Å². The van der Waals surface area contributed by atoms with E-state index in [9.17, 15) is 43.6 Å². The van der Waals surface area contributed by atoms with Gasteiger partial charge in [-0.15, -0.1) is 0 Å². The van der Waals surface area contributed by atoms with Crippen LogP contribution in [0.2, 0.25) is 0 Å². The van der Waals surface area contributed by atoms with Crippen LogP contribution in [-0.4, -0.2) is 146 Å². The molecule has 17 nitrogen and oxygen atoms in total. The van der Waals surface area contributed by atoms with Crippen molar-refractivity contribution in [2.75, 3.05) is 60.5 Å². The van der Waals surface area contributed by atoms with Gasteiger partial charge in [0.2, 0.25) is 36.4 Å². The van der Waals surface area contributed by atoms with E-state index in [1.807, 2.05) is 48.5 Å². The first-order valence-electron chi connectivity index (χ1n) is 25.6. The molecule has 400 valence electrons. The Morgan fingerprint density at radius 2 is 0.972 bits per heavy atom. The molecule has 17 heteroatoms. The molecule has 0 spiro atoms. The topological polar surface area (TPSA) is 212 Å². The lowest BCUT2D eigenvalue weighted by Crippen LogP contribution is -2.57. The fourth-order valence-electron chi connectivity index (χ4n) is 9.06. The van der Waals surface area contributed by atoms with Gasteiger partial charge in [-0.25, -0.2) is 5.06 Å². The van der Waals surface area contributed by atoms with Crippen molar-refractivity contribution in [3.8, 4) is 11.5 Å². The summed E-state index contributed by atoms with van der Waals surface area (Å²) in [7, 11) is 4.82. The molecule has 2 aliphatic rings. The fraction of sp³-hybridized carbons (Fsp3) is 0.636. The van der Waals surface area contributed by atoms with Gasteiger partial charge in [0, 0.05) is 62.7 Å². The molecule has 6 amide bonds. The highest BCUT2D eigenvalue weighted by atomic mass is 16.5. The van der Waals surface area contributed by atoms with Gasteiger partial charge in [-0.3, -0.25) is 43.6 Å². The normalized spacial score (nSPS) is 16.1. The van der Waals surface area contributed by atoms with Gasteiger partial charge in [0.05, 0.1) is 32.6 Å². The van der Waals surface area contributed by atoms with E-state index < -0.39 is 28.8 Å². The van der Waals surface area contributed by atoms with Crippen molar-refractivity contribution in [3.63, 3.8) is 0 Å². The minimum absolute atomic E-state index is 0.0629. The fourth-order valence-corrected chi connectivity index (χ4v) is 9.06. The lowest BCUT2D eigenvalue weighted by Gasteiger charge is -2.38. The summed E-state index contributed by atoms with van der Waals surface area (Å²) < 4.78 is 10.3. The molecule has 2 saturated heterocycles. The summed E-state index contributed by atoms with van der Waals surface area (Å²) in [5.74, 6) is -0.607. The summed E-state index contributed by atoms with van der Waals surface area (Å²) >= 11 is 0. The van der Waals surface area contributed by atoms with Gasteiger partial charge in [-0.2, -0.15) is 0 Å². The third-order valence-electron chi connectivity index (χ3n) is 13.7. The monoisotopic (exact) mass is 1000 g/mol. The zero-order valence-electron chi connectivity index (χ0n) is 44.9. The Balaban J connectivity index is 0.000000380. The summed E-state index contributed by atoms with van der Waals surface area (Å²) in [5.41, 5.74) is 0.237. The lowest BCUT2D eigenvalue weighted by atomic mass is 9.83. The number of likely N-dealkylation sites (tertiary alicyclic amines) is 2. The molecule has 0 aromatic heterocycles. The minimum Gasteiger partial charge on any atom is -0.497 e. The van der Waals surface area contributed by atoms with Crippen molar-refractivity contribution in [2.45, 2.75) is 132 Å². The number of benzene rings is 2. The van der Waals surface area contributed by atoms with Crippen LogP contribution in [0.25, 0.3) is 0 Å². The van der Waals surface area contributed by atoms with Crippen LogP contribution >= 0.6 is 0 Å². The maximum Gasteiger partial charge on any atom is 0.245 e. The Morgan fingerprint density at radius 1 is 0.625 bits per heavy atom. The SMILES string of the molecule is CCCC[C@H](CN(C)C=O)C(=O)N[C@H](C(=O)N1CCC(C(=O)c2ccc(OC)cc2)CC1)C(C)(C)C.CCCC[C@H](CN(O)C=O)C(=O)N[C@H](C(=O)N1CCC(C(=O)c2ccc(OC)cc2)CC1)C(C)(C)C. The molecule has 3 N–H and O–H groups in total. The summed E-state index contributed by atoms with van der Waals surface area (Å²) in [4.78, 5) is 106. The predicted octanol–water partition coefficient (Wildman–Crippen LogP) is 6.84. The van der Waals surface area contributed by atoms with Crippen molar-refractivity contribution in [2.24, 2.45) is 34.5 Å².